The SMILES string of the molecule is CCc1cccc2nc(N(Cc3ccc(OC)cc3)Cc3ccc(OC)cc3)cc(B3OC(C)(C)C(C)(C)O3)c12. The van der Waals surface area contributed by atoms with E-state index < -0.39 is 18.3 Å². The van der Waals surface area contributed by atoms with Crippen LogP contribution < -0.4 is 19.8 Å². The molecule has 0 saturated carbocycles. The first kappa shape index (κ1) is 28.0. The van der Waals surface area contributed by atoms with Gasteiger partial charge in [-0.3, -0.25) is 0 Å². The monoisotopic (exact) mass is 538 g/mol. The van der Waals surface area contributed by atoms with Crippen molar-refractivity contribution in [2.45, 2.75) is 65.3 Å². The average molecular weight is 538 g/mol. The molecule has 3 aromatic carbocycles. The summed E-state index contributed by atoms with van der Waals surface area (Å²) in [6.07, 6.45) is 0.895. The lowest BCUT2D eigenvalue weighted by molar-refractivity contribution is 0.00578. The largest absolute Gasteiger partial charge is 0.497 e. The molecule has 4 aromatic rings. The Kier molecular flexibility index (Phi) is 7.80. The van der Waals surface area contributed by atoms with Gasteiger partial charge in [-0.1, -0.05) is 43.3 Å². The molecule has 1 aliphatic heterocycles. The second kappa shape index (κ2) is 11.1. The summed E-state index contributed by atoms with van der Waals surface area (Å²) in [6.45, 7) is 11.9. The van der Waals surface area contributed by atoms with Crippen LogP contribution in [0.1, 0.15) is 51.3 Å². The fourth-order valence-corrected chi connectivity index (χ4v) is 5.11. The van der Waals surface area contributed by atoms with Crippen LogP contribution in [0.2, 0.25) is 0 Å². The number of ether oxygens (including phenoxy) is 2. The molecule has 0 amide bonds. The number of benzene rings is 3. The number of nitrogens with zero attached hydrogens (tertiary/aromatic N) is 2. The second-order valence-electron chi connectivity index (χ2n) is 11.4. The Hall–Kier alpha value is -3.55. The van der Waals surface area contributed by atoms with Crippen molar-refractivity contribution < 1.29 is 18.8 Å². The van der Waals surface area contributed by atoms with E-state index in [1.54, 1.807) is 14.2 Å². The van der Waals surface area contributed by atoms with Gasteiger partial charge >= 0.3 is 7.12 Å². The lowest BCUT2D eigenvalue weighted by atomic mass is 9.75. The summed E-state index contributed by atoms with van der Waals surface area (Å²) < 4.78 is 23.9. The molecule has 0 spiro atoms. The fraction of sp³-hybridized carbons (Fsp3) is 0.364. The van der Waals surface area contributed by atoms with Gasteiger partial charge < -0.3 is 23.7 Å². The molecule has 0 radical (unpaired) electrons. The predicted molar refractivity (Wildman–Crippen MR) is 163 cm³/mol. The van der Waals surface area contributed by atoms with E-state index in [0.717, 1.165) is 51.2 Å². The number of rotatable bonds is 9. The van der Waals surface area contributed by atoms with E-state index in [2.05, 4.69) is 88.0 Å². The summed E-state index contributed by atoms with van der Waals surface area (Å²) in [5, 5.41) is 1.11. The minimum Gasteiger partial charge on any atom is -0.497 e. The third-order valence-corrected chi connectivity index (χ3v) is 8.21. The molecule has 0 aliphatic carbocycles. The molecule has 1 saturated heterocycles. The molecule has 0 atom stereocenters. The van der Waals surface area contributed by atoms with Crippen molar-refractivity contribution in [3.8, 4) is 11.5 Å². The molecule has 1 aromatic heterocycles. The van der Waals surface area contributed by atoms with E-state index in [-0.39, 0.29) is 0 Å². The van der Waals surface area contributed by atoms with Crippen LogP contribution >= 0.6 is 0 Å². The molecule has 7 heteroatoms. The van der Waals surface area contributed by atoms with Gasteiger partial charge in [-0.15, -0.1) is 0 Å². The molecule has 2 heterocycles. The van der Waals surface area contributed by atoms with Crippen molar-refractivity contribution in [1.82, 2.24) is 4.98 Å². The zero-order valence-corrected chi connectivity index (χ0v) is 24.7. The van der Waals surface area contributed by atoms with E-state index in [1.807, 2.05) is 24.3 Å². The van der Waals surface area contributed by atoms with Crippen molar-refractivity contribution in [2.75, 3.05) is 19.1 Å². The maximum atomic E-state index is 6.58. The maximum Gasteiger partial charge on any atom is 0.495 e. The zero-order valence-electron chi connectivity index (χ0n) is 24.7. The van der Waals surface area contributed by atoms with Gasteiger partial charge in [0, 0.05) is 18.5 Å². The van der Waals surface area contributed by atoms with Crippen LogP contribution in [0.5, 0.6) is 11.5 Å². The molecule has 0 bridgehead atoms. The summed E-state index contributed by atoms with van der Waals surface area (Å²) >= 11 is 0. The highest BCUT2D eigenvalue weighted by Crippen LogP contribution is 2.38. The molecular weight excluding hydrogens is 499 g/mol. The molecule has 5 rings (SSSR count). The highest BCUT2D eigenvalue weighted by atomic mass is 16.7. The lowest BCUT2D eigenvalue weighted by Crippen LogP contribution is -2.41. The number of hydrogen-bond acceptors (Lipinski definition) is 6. The number of methoxy groups -OCH3 is 2. The summed E-state index contributed by atoms with van der Waals surface area (Å²) in [4.78, 5) is 7.52. The van der Waals surface area contributed by atoms with Crippen LogP contribution in [-0.2, 0) is 28.8 Å². The number of aryl methyl sites for hydroxylation is 1. The minimum absolute atomic E-state index is 0.444. The quantitative estimate of drug-likeness (QED) is 0.233. The smallest absolute Gasteiger partial charge is 0.495 e. The van der Waals surface area contributed by atoms with E-state index >= 15 is 0 Å². The second-order valence-corrected chi connectivity index (χ2v) is 11.4. The Morgan fingerprint density at radius 1 is 0.775 bits per heavy atom. The Balaban J connectivity index is 1.62. The molecule has 1 aliphatic rings. The first-order valence-corrected chi connectivity index (χ1v) is 13.9. The molecule has 1 fully saturated rings. The summed E-state index contributed by atoms with van der Waals surface area (Å²) in [7, 11) is 2.88. The summed E-state index contributed by atoms with van der Waals surface area (Å²) in [5.74, 6) is 2.55. The number of hydrogen-bond donors (Lipinski definition) is 0. The normalized spacial score (nSPS) is 15.8. The highest BCUT2D eigenvalue weighted by Gasteiger charge is 2.52. The van der Waals surface area contributed by atoms with E-state index in [4.69, 9.17) is 23.8 Å². The number of anilines is 1. The predicted octanol–water partition coefficient (Wildman–Crippen LogP) is 6.32. The van der Waals surface area contributed by atoms with Gasteiger partial charge in [0.1, 0.15) is 17.3 Å². The lowest BCUT2D eigenvalue weighted by Gasteiger charge is -2.32. The van der Waals surface area contributed by atoms with Crippen LogP contribution in [0.25, 0.3) is 10.9 Å². The molecule has 40 heavy (non-hydrogen) atoms. The molecule has 0 N–H and O–H groups in total. The Morgan fingerprint density at radius 2 is 1.30 bits per heavy atom. The molecule has 6 nitrogen and oxygen atoms in total. The number of aromatic nitrogens is 1. The summed E-state index contributed by atoms with van der Waals surface area (Å²) in [5.41, 5.74) is 4.63. The van der Waals surface area contributed by atoms with E-state index in [1.165, 1.54) is 5.56 Å². The molecule has 208 valence electrons. The number of fused-ring (bicyclic) bond motifs is 1. The third-order valence-electron chi connectivity index (χ3n) is 8.21. The van der Waals surface area contributed by atoms with Gasteiger partial charge in [-0.25, -0.2) is 4.98 Å². The Morgan fingerprint density at radius 3 is 1.77 bits per heavy atom. The maximum absolute atomic E-state index is 6.58. The van der Waals surface area contributed by atoms with Crippen LogP contribution in [0.15, 0.2) is 72.8 Å². The zero-order chi connectivity index (χ0) is 28.5. The van der Waals surface area contributed by atoms with Crippen LogP contribution in [0, 0.1) is 0 Å². The summed E-state index contributed by atoms with van der Waals surface area (Å²) in [6, 6.07) is 24.9. The van der Waals surface area contributed by atoms with Gasteiger partial charge in [0.05, 0.1) is 30.9 Å². The Labute approximate surface area is 238 Å². The van der Waals surface area contributed by atoms with Crippen molar-refractivity contribution >= 4 is 29.3 Å². The standard InChI is InChI=1S/C33H39BN2O4/c1-8-25-10-9-11-29-31(25)28(34-39-32(2,3)33(4,5)40-34)20-30(35-29)36(21-23-12-16-26(37-6)17-13-23)22-24-14-18-27(38-7)19-15-24/h9-20H,8,21-22H2,1-7H3. The highest BCUT2D eigenvalue weighted by molar-refractivity contribution is 6.65. The number of pyridine rings is 1. The minimum atomic E-state index is -0.495. The first-order chi connectivity index (χ1) is 19.1. The first-order valence-electron chi connectivity index (χ1n) is 13.9. The van der Waals surface area contributed by atoms with E-state index in [0.29, 0.717) is 13.1 Å². The van der Waals surface area contributed by atoms with E-state index in [9.17, 15) is 0 Å². The Bertz CT molecular complexity index is 1400. The fourth-order valence-electron chi connectivity index (χ4n) is 5.11. The van der Waals surface area contributed by atoms with Crippen molar-refractivity contribution in [3.05, 3.63) is 89.5 Å². The van der Waals surface area contributed by atoms with Crippen molar-refractivity contribution in [3.63, 3.8) is 0 Å². The van der Waals surface area contributed by atoms with Crippen LogP contribution in [-0.4, -0.2) is 37.5 Å². The molecular formula is C33H39BN2O4. The van der Waals surface area contributed by atoms with Gasteiger partial charge in [-0.05, 0) is 92.7 Å². The average Bonchev–Trinajstić information content (AvgIpc) is 3.18. The van der Waals surface area contributed by atoms with Crippen molar-refractivity contribution in [2.24, 2.45) is 0 Å². The molecule has 0 unspecified atom stereocenters. The topological polar surface area (TPSA) is 53.1 Å². The van der Waals surface area contributed by atoms with Gasteiger partial charge in [0.15, 0.2) is 0 Å². The van der Waals surface area contributed by atoms with Crippen LogP contribution in [0.3, 0.4) is 0 Å². The van der Waals surface area contributed by atoms with Crippen molar-refractivity contribution in [1.29, 1.82) is 0 Å². The van der Waals surface area contributed by atoms with Crippen LogP contribution in [0.4, 0.5) is 5.82 Å². The third kappa shape index (κ3) is 5.54. The van der Waals surface area contributed by atoms with Gasteiger partial charge in [0.2, 0.25) is 0 Å². The van der Waals surface area contributed by atoms with Gasteiger partial charge in [0.25, 0.3) is 0 Å². The van der Waals surface area contributed by atoms with Gasteiger partial charge in [-0.2, -0.15) is 0 Å².